The number of rotatable bonds is 2. The number of amidine groups is 1. The fraction of sp³-hybridized carbons (Fsp3) is 0.900. The molecule has 0 saturated carbocycles. The Morgan fingerprint density at radius 2 is 2.29 bits per heavy atom. The second-order valence-corrected chi connectivity index (χ2v) is 3.96. The Hall–Kier alpha value is -0.770. The molecule has 1 fully saturated rings. The highest BCUT2D eigenvalue weighted by atomic mass is 16.5. The van der Waals surface area contributed by atoms with Crippen LogP contribution < -0.4 is 10.6 Å². The van der Waals surface area contributed by atoms with Crippen LogP contribution in [0.4, 0.5) is 0 Å². The van der Waals surface area contributed by atoms with Gasteiger partial charge in [-0.3, -0.25) is 0 Å². The van der Waals surface area contributed by atoms with Crippen LogP contribution in [-0.4, -0.2) is 38.8 Å². The third kappa shape index (κ3) is 2.87. The molecule has 0 aromatic heterocycles. The number of aliphatic imine (C=N–C) groups is 1. The molecule has 2 rings (SSSR count). The maximum absolute atomic E-state index is 5.39. The van der Waals surface area contributed by atoms with Crippen molar-refractivity contribution in [3.05, 3.63) is 0 Å². The quantitative estimate of drug-likeness (QED) is 0.671. The Bertz CT molecular complexity index is 200. The van der Waals surface area contributed by atoms with Gasteiger partial charge in [0.25, 0.3) is 6.02 Å². The van der Waals surface area contributed by atoms with Gasteiger partial charge in [0.1, 0.15) is 0 Å². The number of nitrogens with zero attached hydrogens (tertiary/aromatic N) is 1. The average Bonchev–Trinajstić information content (AvgIpc) is 2.29. The van der Waals surface area contributed by atoms with Crippen LogP contribution in [0.25, 0.3) is 0 Å². The molecule has 0 spiro atoms. The van der Waals surface area contributed by atoms with Crippen LogP contribution in [0.1, 0.15) is 19.3 Å². The van der Waals surface area contributed by atoms with Gasteiger partial charge in [-0.1, -0.05) is 0 Å². The minimum atomic E-state index is 0.759. The van der Waals surface area contributed by atoms with Crippen LogP contribution in [0.2, 0.25) is 0 Å². The van der Waals surface area contributed by atoms with Gasteiger partial charge in [-0.25, -0.2) is 4.99 Å². The molecule has 2 N–H and O–H groups in total. The lowest BCUT2D eigenvalue weighted by molar-refractivity contribution is 0.261. The summed E-state index contributed by atoms with van der Waals surface area (Å²) in [5, 5.41) is 6.65. The molecule has 0 atom stereocenters. The summed E-state index contributed by atoms with van der Waals surface area (Å²) in [7, 11) is 0. The first-order valence-corrected chi connectivity index (χ1v) is 5.57. The van der Waals surface area contributed by atoms with E-state index >= 15 is 0 Å². The van der Waals surface area contributed by atoms with E-state index in [1.165, 1.54) is 12.8 Å². The zero-order chi connectivity index (χ0) is 9.64. The van der Waals surface area contributed by atoms with Gasteiger partial charge >= 0.3 is 0 Å². The molecule has 2 aliphatic heterocycles. The summed E-state index contributed by atoms with van der Waals surface area (Å²) in [4.78, 5) is 4.28. The van der Waals surface area contributed by atoms with Gasteiger partial charge in [0.05, 0.1) is 6.61 Å². The van der Waals surface area contributed by atoms with Crippen molar-refractivity contribution in [2.45, 2.75) is 19.3 Å². The maximum Gasteiger partial charge on any atom is 0.284 e. The van der Waals surface area contributed by atoms with E-state index in [9.17, 15) is 0 Å². The zero-order valence-corrected chi connectivity index (χ0v) is 8.59. The standard InChI is InChI=1S/C10H19N3O/c1-4-12-10(14-7-1)13-8-9-2-5-11-6-3-9/h9,11H,1-8H2,(H,12,13). The lowest BCUT2D eigenvalue weighted by Crippen LogP contribution is -2.37. The summed E-state index contributed by atoms with van der Waals surface area (Å²) in [6.45, 7) is 5.05. The lowest BCUT2D eigenvalue weighted by atomic mass is 9.98. The van der Waals surface area contributed by atoms with E-state index in [1.807, 2.05) is 0 Å². The number of hydrogen-bond donors (Lipinski definition) is 2. The number of nitrogens with one attached hydrogen (secondary N) is 2. The fourth-order valence-electron chi connectivity index (χ4n) is 1.88. The molecular weight excluding hydrogens is 178 g/mol. The molecule has 4 nitrogen and oxygen atoms in total. The lowest BCUT2D eigenvalue weighted by Gasteiger charge is -2.24. The Morgan fingerprint density at radius 3 is 3.00 bits per heavy atom. The van der Waals surface area contributed by atoms with E-state index in [2.05, 4.69) is 15.6 Å². The molecular formula is C10H19N3O. The van der Waals surface area contributed by atoms with Crippen molar-refractivity contribution in [3.63, 3.8) is 0 Å². The Balaban J connectivity index is 1.67. The number of piperidine rings is 1. The summed E-state index contributed by atoms with van der Waals surface area (Å²) in [6, 6.07) is 0.759. The highest BCUT2D eigenvalue weighted by molar-refractivity contribution is 5.73. The van der Waals surface area contributed by atoms with Gasteiger partial charge < -0.3 is 15.4 Å². The summed E-state index contributed by atoms with van der Waals surface area (Å²) in [5.74, 6) is 0.782. The smallest absolute Gasteiger partial charge is 0.284 e. The van der Waals surface area contributed by atoms with Crippen molar-refractivity contribution < 1.29 is 4.74 Å². The molecule has 14 heavy (non-hydrogen) atoms. The molecule has 2 aliphatic rings. The molecule has 80 valence electrons. The Labute approximate surface area is 85.1 Å². The second kappa shape index (κ2) is 5.20. The van der Waals surface area contributed by atoms with Crippen LogP contribution in [0.5, 0.6) is 0 Å². The van der Waals surface area contributed by atoms with E-state index in [4.69, 9.17) is 4.74 Å². The molecule has 0 amide bonds. The SMILES string of the molecule is C1CN=C(NCC2CCNCC2)OC1. The summed E-state index contributed by atoms with van der Waals surface area (Å²) in [6.07, 6.45) is 3.58. The first-order chi connectivity index (χ1) is 6.95. The van der Waals surface area contributed by atoms with Crippen molar-refractivity contribution in [2.24, 2.45) is 10.9 Å². The summed E-state index contributed by atoms with van der Waals surface area (Å²) >= 11 is 0. The minimum absolute atomic E-state index is 0.759. The predicted octanol–water partition coefficient (Wildman–Crippen LogP) is 0.352. The first kappa shape index (κ1) is 9.77. The highest BCUT2D eigenvalue weighted by Gasteiger charge is 2.14. The zero-order valence-electron chi connectivity index (χ0n) is 8.59. The Morgan fingerprint density at radius 1 is 1.43 bits per heavy atom. The van der Waals surface area contributed by atoms with Gasteiger partial charge in [0, 0.05) is 19.5 Å². The van der Waals surface area contributed by atoms with Gasteiger partial charge in [-0.15, -0.1) is 0 Å². The van der Waals surface area contributed by atoms with E-state index in [0.29, 0.717) is 0 Å². The average molecular weight is 197 g/mol. The summed E-state index contributed by atoms with van der Waals surface area (Å²) in [5.41, 5.74) is 0. The molecule has 0 aromatic carbocycles. The largest absolute Gasteiger partial charge is 0.465 e. The molecule has 0 aromatic rings. The fourth-order valence-corrected chi connectivity index (χ4v) is 1.88. The van der Waals surface area contributed by atoms with Crippen molar-refractivity contribution in [1.29, 1.82) is 0 Å². The van der Waals surface area contributed by atoms with E-state index in [1.54, 1.807) is 0 Å². The van der Waals surface area contributed by atoms with Gasteiger partial charge in [0.15, 0.2) is 0 Å². The Kier molecular flexibility index (Phi) is 3.63. The molecule has 2 heterocycles. The van der Waals surface area contributed by atoms with E-state index in [-0.39, 0.29) is 0 Å². The normalized spacial score (nSPS) is 23.9. The minimum Gasteiger partial charge on any atom is -0.465 e. The van der Waals surface area contributed by atoms with Crippen molar-refractivity contribution in [2.75, 3.05) is 32.8 Å². The molecule has 0 radical (unpaired) electrons. The van der Waals surface area contributed by atoms with Crippen molar-refractivity contribution in [3.8, 4) is 0 Å². The van der Waals surface area contributed by atoms with Crippen LogP contribution in [-0.2, 0) is 4.74 Å². The van der Waals surface area contributed by atoms with Crippen molar-refractivity contribution >= 4 is 6.02 Å². The van der Waals surface area contributed by atoms with Gasteiger partial charge in [-0.05, 0) is 31.8 Å². The third-order valence-electron chi connectivity index (χ3n) is 2.80. The number of hydrogen-bond acceptors (Lipinski definition) is 4. The monoisotopic (exact) mass is 197 g/mol. The van der Waals surface area contributed by atoms with E-state index < -0.39 is 0 Å². The highest BCUT2D eigenvalue weighted by Crippen LogP contribution is 2.10. The molecule has 0 unspecified atom stereocenters. The van der Waals surface area contributed by atoms with E-state index in [0.717, 1.165) is 51.1 Å². The first-order valence-electron chi connectivity index (χ1n) is 5.57. The molecule has 0 aliphatic carbocycles. The molecule has 4 heteroatoms. The third-order valence-corrected chi connectivity index (χ3v) is 2.80. The maximum atomic E-state index is 5.39. The predicted molar refractivity (Wildman–Crippen MR) is 56.5 cm³/mol. The molecule has 1 saturated heterocycles. The second-order valence-electron chi connectivity index (χ2n) is 3.96. The van der Waals surface area contributed by atoms with Gasteiger partial charge in [0.2, 0.25) is 0 Å². The van der Waals surface area contributed by atoms with Gasteiger partial charge in [-0.2, -0.15) is 0 Å². The van der Waals surface area contributed by atoms with Crippen LogP contribution in [0.3, 0.4) is 0 Å². The van der Waals surface area contributed by atoms with Crippen LogP contribution in [0, 0.1) is 5.92 Å². The van der Waals surface area contributed by atoms with Crippen LogP contribution in [0.15, 0.2) is 4.99 Å². The topological polar surface area (TPSA) is 45.7 Å². The molecule has 0 bridgehead atoms. The van der Waals surface area contributed by atoms with Crippen LogP contribution >= 0.6 is 0 Å². The number of ether oxygens (including phenoxy) is 1. The van der Waals surface area contributed by atoms with Crippen molar-refractivity contribution in [1.82, 2.24) is 10.6 Å². The summed E-state index contributed by atoms with van der Waals surface area (Å²) < 4.78 is 5.39.